The second-order valence-corrected chi connectivity index (χ2v) is 4.78. The SMILES string of the molecule is O=C(O)CSc1nc2c(F)cc(F)cc2n1CC(F)F. The Labute approximate surface area is 114 Å². The van der Waals surface area contributed by atoms with Gasteiger partial charge in [0.1, 0.15) is 11.3 Å². The van der Waals surface area contributed by atoms with Crippen molar-refractivity contribution in [3.05, 3.63) is 23.8 Å². The molecule has 0 saturated heterocycles. The standard InChI is InChI=1S/C11H8F4N2O2S/c12-5-1-6(13)10-7(2-5)17(3-8(14)15)11(16-10)20-4-9(18)19/h1-2,8H,3-4H2,(H,18,19). The van der Waals surface area contributed by atoms with Crippen LogP contribution in [-0.2, 0) is 11.3 Å². The molecule has 0 spiro atoms. The van der Waals surface area contributed by atoms with Crippen LogP contribution in [0.25, 0.3) is 11.0 Å². The van der Waals surface area contributed by atoms with E-state index in [4.69, 9.17) is 5.11 Å². The highest BCUT2D eigenvalue weighted by Crippen LogP contribution is 2.27. The molecule has 4 nitrogen and oxygen atoms in total. The van der Waals surface area contributed by atoms with Crippen molar-refractivity contribution in [3.8, 4) is 0 Å². The van der Waals surface area contributed by atoms with Crippen LogP contribution in [0.3, 0.4) is 0 Å². The van der Waals surface area contributed by atoms with Crippen LogP contribution < -0.4 is 0 Å². The predicted molar refractivity (Wildman–Crippen MR) is 64.0 cm³/mol. The molecule has 0 aliphatic heterocycles. The zero-order valence-electron chi connectivity index (χ0n) is 9.82. The second-order valence-electron chi connectivity index (χ2n) is 3.83. The number of hydrogen-bond acceptors (Lipinski definition) is 3. The number of rotatable bonds is 5. The van der Waals surface area contributed by atoms with Crippen molar-refractivity contribution in [1.82, 2.24) is 9.55 Å². The van der Waals surface area contributed by atoms with Gasteiger partial charge >= 0.3 is 5.97 Å². The largest absolute Gasteiger partial charge is 0.481 e. The Kier molecular flexibility index (Phi) is 4.17. The fourth-order valence-corrected chi connectivity index (χ4v) is 2.42. The highest BCUT2D eigenvalue weighted by molar-refractivity contribution is 7.99. The Morgan fingerprint density at radius 3 is 2.70 bits per heavy atom. The van der Waals surface area contributed by atoms with E-state index in [1.54, 1.807) is 0 Å². The molecule has 108 valence electrons. The van der Waals surface area contributed by atoms with Gasteiger partial charge in [-0.05, 0) is 0 Å². The summed E-state index contributed by atoms with van der Waals surface area (Å²) in [5, 5.41) is 8.49. The quantitative estimate of drug-likeness (QED) is 0.681. The van der Waals surface area contributed by atoms with Crippen molar-refractivity contribution in [1.29, 1.82) is 0 Å². The van der Waals surface area contributed by atoms with E-state index in [-0.39, 0.29) is 16.2 Å². The van der Waals surface area contributed by atoms with Gasteiger partial charge in [-0.15, -0.1) is 0 Å². The van der Waals surface area contributed by atoms with Crippen LogP contribution in [0.4, 0.5) is 17.6 Å². The van der Waals surface area contributed by atoms with E-state index >= 15 is 0 Å². The van der Waals surface area contributed by atoms with Crippen LogP contribution in [0.2, 0.25) is 0 Å². The van der Waals surface area contributed by atoms with Gasteiger partial charge in [0, 0.05) is 12.1 Å². The van der Waals surface area contributed by atoms with Crippen LogP contribution in [0.5, 0.6) is 0 Å². The third-order valence-corrected chi connectivity index (χ3v) is 3.34. The van der Waals surface area contributed by atoms with Gasteiger partial charge in [0.05, 0.1) is 17.8 Å². The maximum absolute atomic E-state index is 13.5. The van der Waals surface area contributed by atoms with E-state index in [2.05, 4.69) is 4.98 Å². The first-order chi connectivity index (χ1) is 9.38. The topological polar surface area (TPSA) is 55.1 Å². The fraction of sp³-hybridized carbons (Fsp3) is 0.273. The lowest BCUT2D eigenvalue weighted by Gasteiger charge is -2.07. The molecule has 1 N–H and O–H groups in total. The van der Waals surface area contributed by atoms with Gasteiger partial charge in [-0.1, -0.05) is 11.8 Å². The number of aliphatic carboxylic acids is 1. The van der Waals surface area contributed by atoms with Gasteiger partial charge in [0.2, 0.25) is 0 Å². The number of hydrogen-bond donors (Lipinski definition) is 1. The molecule has 0 saturated carbocycles. The van der Waals surface area contributed by atoms with Crippen LogP contribution in [0.15, 0.2) is 17.3 Å². The van der Waals surface area contributed by atoms with E-state index < -0.39 is 36.3 Å². The summed E-state index contributed by atoms with van der Waals surface area (Å²) in [7, 11) is 0. The van der Waals surface area contributed by atoms with Crippen LogP contribution >= 0.6 is 11.8 Å². The van der Waals surface area contributed by atoms with Crippen LogP contribution in [-0.4, -0.2) is 32.8 Å². The number of fused-ring (bicyclic) bond motifs is 1. The van der Waals surface area contributed by atoms with Crippen molar-refractivity contribution >= 4 is 28.8 Å². The maximum Gasteiger partial charge on any atom is 0.313 e. The molecule has 20 heavy (non-hydrogen) atoms. The maximum atomic E-state index is 13.5. The molecule has 0 bridgehead atoms. The number of nitrogens with zero attached hydrogens (tertiary/aromatic N) is 2. The highest BCUT2D eigenvalue weighted by atomic mass is 32.2. The van der Waals surface area contributed by atoms with E-state index in [1.165, 1.54) is 0 Å². The minimum atomic E-state index is -2.76. The van der Waals surface area contributed by atoms with E-state index in [9.17, 15) is 22.4 Å². The summed E-state index contributed by atoms with van der Waals surface area (Å²) in [5.41, 5.74) is -0.393. The summed E-state index contributed by atoms with van der Waals surface area (Å²) in [6.45, 7) is -0.818. The van der Waals surface area contributed by atoms with E-state index in [0.29, 0.717) is 17.8 Å². The first-order valence-electron chi connectivity index (χ1n) is 5.36. The molecular formula is C11H8F4N2O2S. The summed E-state index contributed by atoms with van der Waals surface area (Å²) >= 11 is 0.667. The molecule has 1 heterocycles. The summed E-state index contributed by atoms with van der Waals surface area (Å²) < 4.78 is 52.7. The average molecular weight is 308 g/mol. The Hall–Kier alpha value is -1.77. The fourth-order valence-electron chi connectivity index (χ4n) is 1.68. The first kappa shape index (κ1) is 14.6. The number of aromatic nitrogens is 2. The number of imidazole rings is 1. The monoisotopic (exact) mass is 308 g/mol. The van der Waals surface area contributed by atoms with E-state index in [0.717, 1.165) is 10.6 Å². The lowest BCUT2D eigenvalue weighted by atomic mass is 10.3. The third kappa shape index (κ3) is 3.03. The van der Waals surface area contributed by atoms with Crippen molar-refractivity contribution in [3.63, 3.8) is 0 Å². The molecule has 0 radical (unpaired) electrons. The molecule has 2 rings (SSSR count). The summed E-state index contributed by atoms with van der Waals surface area (Å²) in [5.74, 6) is -3.49. The highest BCUT2D eigenvalue weighted by Gasteiger charge is 2.19. The molecule has 9 heteroatoms. The summed E-state index contributed by atoms with van der Waals surface area (Å²) in [4.78, 5) is 14.3. The average Bonchev–Trinajstić information content (AvgIpc) is 2.65. The number of thioether (sulfide) groups is 1. The van der Waals surface area contributed by atoms with Crippen molar-refractivity contribution in [2.45, 2.75) is 18.1 Å². The molecule has 2 aromatic rings. The van der Waals surface area contributed by atoms with Gasteiger partial charge in [-0.25, -0.2) is 22.5 Å². The third-order valence-electron chi connectivity index (χ3n) is 2.38. The number of carboxylic acid groups (broad SMARTS) is 1. The Bertz CT molecular complexity index is 659. The van der Waals surface area contributed by atoms with E-state index in [1.807, 2.05) is 0 Å². The zero-order valence-corrected chi connectivity index (χ0v) is 10.6. The van der Waals surface area contributed by atoms with Gasteiger partial charge < -0.3 is 9.67 Å². The van der Waals surface area contributed by atoms with Crippen LogP contribution in [0.1, 0.15) is 0 Å². The Morgan fingerprint density at radius 1 is 1.40 bits per heavy atom. The second kappa shape index (κ2) is 5.70. The Morgan fingerprint density at radius 2 is 2.10 bits per heavy atom. The van der Waals surface area contributed by atoms with Crippen molar-refractivity contribution in [2.75, 3.05) is 5.75 Å². The molecule has 0 amide bonds. The van der Waals surface area contributed by atoms with Gasteiger partial charge in [-0.2, -0.15) is 0 Å². The molecule has 0 unspecified atom stereocenters. The number of benzene rings is 1. The van der Waals surface area contributed by atoms with Gasteiger partial charge in [-0.3, -0.25) is 4.79 Å². The number of halogens is 4. The summed E-state index contributed by atoms with van der Waals surface area (Å²) in [6, 6.07) is 1.48. The van der Waals surface area contributed by atoms with Crippen molar-refractivity contribution in [2.24, 2.45) is 0 Å². The summed E-state index contributed by atoms with van der Waals surface area (Å²) in [6.07, 6.45) is -2.76. The molecule has 0 atom stereocenters. The smallest absolute Gasteiger partial charge is 0.313 e. The molecule has 1 aromatic heterocycles. The minimum absolute atomic E-state index is 0.0906. The minimum Gasteiger partial charge on any atom is -0.481 e. The zero-order chi connectivity index (χ0) is 14.9. The normalized spacial score (nSPS) is 11.4. The van der Waals surface area contributed by atoms with Crippen molar-refractivity contribution < 1.29 is 27.5 Å². The first-order valence-corrected chi connectivity index (χ1v) is 6.35. The molecule has 0 aliphatic carbocycles. The Balaban J connectivity index is 2.54. The lowest BCUT2D eigenvalue weighted by Crippen LogP contribution is -2.09. The number of carbonyl (C=O) groups is 1. The number of carboxylic acids is 1. The van der Waals surface area contributed by atoms with Gasteiger partial charge in [0.15, 0.2) is 11.0 Å². The molecule has 0 aliphatic rings. The molecule has 0 fully saturated rings. The molecule has 1 aromatic carbocycles. The predicted octanol–water partition coefficient (Wildman–Crippen LogP) is 2.76. The number of alkyl halides is 2. The lowest BCUT2D eigenvalue weighted by molar-refractivity contribution is -0.133. The molecular weight excluding hydrogens is 300 g/mol. The van der Waals surface area contributed by atoms with Crippen LogP contribution in [0, 0.1) is 11.6 Å². The van der Waals surface area contributed by atoms with Gasteiger partial charge in [0.25, 0.3) is 6.43 Å².